The molecule has 0 radical (unpaired) electrons. The molecule has 1 aromatic heterocycles. The third-order valence-electron chi connectivity index (χ3n) is 7.09. The van der Waals surface area contributed by atoms with Crippen molar-refractivity contribution in [1.82, 2.24) is 14.9 Å². The summed E-state index contributed by atoms with van der Waals surface area (Å²) in [5, 5.41) is 3.13. The number of aromatic nitrogens is 2. The van der Waals surface area contributed by atoms with Crippen molar-refractivity contribution >= 4 is 11.7 Å². The van der Waals surface area contributed by atoms with Crippen LogP contribution < -0.4 is 10.1 Å². The quantitative estimate of drug-likeness (QED) is 0.770. The fraction of sp³-hybridized carbons (Fsp3) is 0.560. The average molecular weight is 439 g/mol. The van der Waals surface area contributed by atoms with Crippen LogP contribution in [0.5, 0.6) is 5.75 Å². The summed E-state index contributed by atoms with van der Waals surface area (Å²) in [5.41, 5.74) is 1.28. The number of methoxy groups -OCH3 is 1. The Kier molecular flexibility index (Phi) is 6.38. The zero-order valence-electron chi connectivity index (χ0n) is 19.6. The van der Waals surface area contributed by atoms with Gasteiger partial charge in [-0.25, -0.2) is 9.97 Å². The number of amides is 1. The Morgan fingerprint density at radius 3 is 2.53 bits per heavy atom. The third kappa shape index (κ3) is 4.18. The first-order valence-corrected chi connectivity index (χ1v) is 11.5. The van der Waals surface area contributed by atoms with Gasteiger partial charge in [-0.15, -0.1) is 0 Å². The summed E-state index contributed by atoms with van der Waals surface area (Å²) in [6.07, 6.45) is 3.34. The first-order valence-electron chi connectivity index (χ1n) is 11.5. The summed E-state index contributed by atoms with van der Waals surface area (Å²) >= 11 is 0. The highest BCUT2D eigenvalue weighted by atomic mass is 16.5. The molecule has 172 valence electrons. The molecule has 1 amide bonds. The summed E-state index contributed by atoms with van der Waals surface area (Å²) in [6, 6.07) is 10.00. The topological polar surface area (TPSA) is 76.6 Å². The minimum Gasteiger partial charge on any atom is -0.497 e. The van der Waals surface area contributed by atoms with E-state index in [9.17, 15) is 4.79 Å². The Balaban J connectivity index is 1.65. The number of carbonyl (C=O) groups is 1. The number of nitrogens with zero attached hydrogens (tertiary/aromatic N) is 3. The molecule has 1 N–H and O–H groups in total. The largest absolute Gasteiger partial charge is 0.497 e. The molecular formula is C25H34N4O3. The Morgan fingerprint density at radius 2 is 1.88 bits per heavy atom. The molecule has 0 spiro atoms. The maximum atomic E-state index is 14.1. The molecule has 0 bridgehead atoms. The number of nitrogens with one attached hydrogen (secondary N) is 1. The lowest BCUT2D eigenvalue weighted by Gasteiger charge is -2.45. The van der Waals surface area contributed by atoms with Crippen LogP contribution in [0.15, 0.2) is 30.3 Å². The molecule has 2 aromatic rings. The van der Waals surface area contributed by atoms with Crippen LogP contribution in [0.25, 0.3) is 0 Å². The van der Waals surface area contributed by atoms with Crippen LogP contribution in [-0.4, -0.2) is 61.2 Å². The molecule has 2 saturated heterocycles. The van der Waals surface area contributed by atoms with Gasteiger partial charge in [-0.2, -0.15) is 0 Å². The molecule has 7 heteroatoms. The van der Waals surface area contributed by atoms with Crippen molar-refractivity contribution in [3.8, 4) is 5.75 Å². The average Bonchev–Trinajstić information content (AvgIpc) is 2.83. The van der Waals surface area contributed by atoms with E-state index >= 15 is 0 Å². The van der Waals surface area contributed by atoms with Crippen molar-refractivity contribution in [3.63, 3.8) is 0 Å². The van der Waals surface area contributed by atoms with E-state index < -0.39 is 5.41 Å². The van der Waals surface area contributed by atoms with E-state index in [2.05, 4.69) is 22.1 Å². The van der Waals surface area contributed by atoms with Crippen molar-refractivity contribution < 1.29 is 14.3 Å². The van der Waals surface area contributed by atoms with Gasteiger partial charge in [0.15, 0.2) is 0 Å². The second kappa shape index (κ2) is 9.06. The van der Waals surface area contributed by atoms with Gasteiger partial charge in [0.05, 0.1) is 18.2 Å². The van der Waals surface area contributed by atoms with Crippen molar-refractivity contribution in [2.75, 3.05) is 45.8 Å². The van der Waals surface area contributed by atoms with Crippen LogP contribution >= 0.6 is 0 Å². The van der Waals surface area contributed by atoms with Gasteiger partial charge in [0.25, 0.3) is 0 Å². The number of anilines is 1. The van der Waals surface area contributed by atoms with Crippen LogP contribution in [-0.2, 0) is 20.4 Å². The molecule has 4 rings (SSSR count). The lowest BCUT2D eigenvalue weighted by Crippen LogP contribution is -2.55. The highest BCUT2D eigenvalue weighted by molar-refractivity contribution is 5.88. The van der Waals surface area contributed by atoms with E-state index in [1.54, 1.807) is 7.11 Å². The lowest BCUT2D eigenvalue weighted by atomic mass is 9.71. The molecule has 2 fully saturated rings. The predicted octanol–water partition coefficient (Wildman–Crippen LogP) is 3.46. The van der Waals surface area contributed by atoms with Crippen LogP contribution in [0.3, 0.4) is 0 Å². The summed E-state index contributed by atoms with van der Waals surface area (Å²) in [6.45, 7) is 6.76. The van der Waals surface area contributed by atoms with Crippen LogP contribution in [0.1, 0.15) is 49.7 Å². The molecule has 2 aliphatic rings. The fourth-order valence-electron chi connectivity index (χ4n) is 5.19. The fourth-order valence-corrected chi connectivity index (χ4v) is 5.19. The number of benzene rings is 1. The summed E-state index contributed by atoms with van der Waals surface area (Å²) in [7, 11) is 3.53. The van der Waals surface area contributed by atoms with Crippen LogP contribution in [0.2, 0.25) is 0 Å². The van der Waals surface area contributed by atoms with E-state index in [4.69, 9.17) is 14.5 Å². The van der Waals surface area contributed by atoms with E-state index in [1.165, 1.54) is 0 Å². The first-order chi connectivity index (χ1) is 15.4. The van der Waals surface area contributed by atoms with Gasteiger partial charge >= 0.3 is 0 Å². The number of likely N-dealkylation sites (tertiary alicyclic amines) is 1. The van der Waals surface area contributed by atoms with Crippen LogP contribution in [0, 0.1) is 6.92 Å². The highest BCUT2D eigenvalue weighted by Crippen LogP contribution is 2.40. The maximum Gasteiger partial charge on any atom is 0.233 e. The summed E-state index contributed by atoms with van der Waals surface area (Å²) in [5.74, 6) is 2.57. The first kappa shape index (κ1) is 22.5. The minimum atomic E-state index is -0.555. The van der Waals surface area contributed by atoms with Gasteiger partial charge in [-0.1, -0.05) is 19.1 Å². The van der Waals surface area contributed by atoms with Gasteiger partial charge in [-0.05, 0) is 50.3 Å². The number of hydrogen-bond acceptors (Lipinski definition) is 6. The number of ether oxygens (including phenoxy) is 2. The second-order valence-electron chi connectivity index (χ2n) is 9.25. The third-order valence-corrected chi connectivity index (χ3v) is 7.09. The zero-order chi connectivity index (χ0) is 22.8. The smallest absolute Gasteiger partial charge is 0.233 e. The van der Waals surface area contributed by atoms with E-state index in [0.717, 1.165) is 48.0 Å². The van der Waals surface area contributed by atoms with Crippen molar-refractivity contribution in [2.45, 2.75) is 50.4 Å². The van der Waals surface area contributed by atoms with Crippen LogP contribution in [0.4, 0.5) is 5.82 Å². The summed E-state index contributed by atoms with van der Waals surface area (Å²) in [4.78, 5) is 25.4. The molecule has 7 nitrogen and oxygen atoms in total. The molecule has 3 heterocycles. The zero-order valence-corrected chi connectivity index (χ0v) is 19.6. The molecule has 0 aliphatic carbocycles. The molecule has 1 aromatic carbocycles. The van der Waals surface area contributed by atoms with Gasteiger partial charge < -0.3 is 19.7 Å². The second-order valence-corrected chi connectivity index (χ2v) is 9.25. The summed E-state index contributed by atoms with van der Waals surface area (Å²) < 4.78 is 11.0. The van der Waals surface area contributed by atoms with Gasteiger partial charge in [0.2, 0.25) is 5.91 Å². The number of hydrogen-bond donors (Lipinski definition) is 1. The molecule has 32 heavy (non-hydrogen) atoms. The van der Waals surface area contributed by atoms with Gasteiger partial charge in [-0.3, -0.25) is 4.79 Å². The van der Waals surface area contributed by atoms with E-state index in [-0.39, 0.29) is 11.3 Å². The monoisotopic (exact) mass is 438 g/mol. The molecule has 2 aliphatic heterocycles. The maximum absolute atomic E-state index is 14.1. The molecule has 0 unspecified atom stereocenters. The Bertz CT molecular complexity index is 956. The number of aryl methyl sites for hydroxylation is 1. The Morgan fingerprint density at radius 1 is 1.16 bits per heavy atom. The van der Waals surface area contributed by atoms with Gasteiger partial charge in [0.1, 0.15) is 17.4 Å². The number of rotatable bonds is 5. The molecule has 1 atom stereocenters. The number of piperidine rings is 1. The Labute approximate surface area is 190 Å². The molecule has 0 saturated carbocycles. The Hall–Kier alpha value is -2.67. The predicted molar refractivity (Wildman–Crippen MR) is 124 cm³/mol. The van der Waals surface area contributed by atoms with Gasteiger partial charge in [0, 0.05) is 44.8 Å². The lowest BCUT2D eigenvalue weighted by molar-refractivity contribution is -0.143. The van der Waals surface area contributed by atoms with Crippen molar-refractivity contribution in [2.24, 2.45) is 0 Å². The van der Waals surface area contributed by atoms with Crippen molar-refractivity contribution in [3.05, 3.63) is 47.4 Å². The van der Waals surface area contributed by atoms with Crippen molar-refractivity contribution in [1.29, 1.82) is 0 Å². The highest BCUT2D eigenvalue weighted by Gasteiger charge is 2.46. The van der Waals surface area contributed by atoms with E-state index in [0.29, 0.717) is 32.6 Å². The minimum absolute atomic E-state index is 0.205. The SMILES string of the molecule is CNc1cc([C@]2(C)CCCN(C(=O)C3(c4ccc(OC)cc4)CCOCC3)C2)nc(C)n1. The standard InChI is InChI=1S/C25H34N4O3/c1-18-27-21(16-22(26-3)28-18)24(2)10-5-13-29(17-24)23(30)25(11-14-32-15-12-25)19-6-8-20(31-4)9-7-19/h6-9,16H,5,10-15,17H2,1-4H3,(H,26,27,28)/t24-/m1/s1. The molecular weight excluding hydrogens is 404 g/mol. The number of carbonyl (C=O) groups excluding carboxylic acids is 1. The van der Waals surface area contributed by atoms with E-state index in [1.807, 2.05) is 44.3 Å². The normalized spacial score (nSPS) is 22.9.